The molecule has 1 N–H and O–H groups in total. The van der Waals surface area contributed by atoms with Gasteiger partial charge < -0.3 is 10.1 Å². The first-order valence-corrected chi connectivity index (χ1v) is 8.45. The standard InChI is InChI=1S/C18H17N3O5/c22-20(23)12-5-3-11(4-6-12)17-14-2-1-9-26-18(14)15-10-13(21(24)25)7-8-16(15)19-17/h3-8,10,14,17-19H,1-2,9H2/t14-,17+,18-/m1/s1. The van der Waals surface area contributed by atoms with Crippen LogP contribution < -0.4 is 5.32 Å². The van der Waals surface area contributed by atoms with Crippen LogP contribution in [0, 0.1) is 26.1 Å². The Bertz CT molecular complexity index is 868. The van der Waals surface area contributed by atoms with Crippen LogP contribution in [0.2, 0.25) is 0 Å². The highest BCUT2D eigenvalue weighted by Crippen LogP contribution is 2.49. The summed E-state index contributed by atoms with van der Waals surface area (Å²) < 4.78 is 5.99. The highest BCUT2D eigenvalue weighted by molar-refractivity contribution is 5.61. The second-order valence-corrected chi connectivity index (χ2v) is 6.60. The number of nitrogens with zero attached hydrogens (tertiary/aromatic N) is 2. The first-order valence-electron chi connectivity index (χ1n) is 8.45. The fourth-order valence-corrected chi connectivity index (χ4v) is 3.91. The maximum absolute atomic E-state index is 11.1. The summed E-state index contributed by atoms with van der Waals surface area (Å²) >= 11 is 0. The van der Waals surface area contributed by atoms with Crippen molar-refractivity contribution in [3.63, 3.8) is 0 Å². The van der Waals surface area contributed by atoms with Gasteiger partial charge in [-0.1, -0.05) is 12.1 Å². The number of hydrogen-bond acceptors (Lipinski definition) is 6. The minimum absolute atomic E-state index is 0.0484. The zero-order chi connectivity index (χ0) is 18.3. The lowest BCUT2D eigenvalue weighted by Gasteiger charge is -2.43. The predicted molar refractivity (Wildman–Crippen MR) is 94.0 cm³/mol. The quantitative estimate of drug-likeness (QED) is 0.655. The van der Waals surface area contributed by atoms with Crippen molar-refractivity contribution in [3.05, 3.63) is 73.8 Å². The minimum atomic E-state index is -0.418. The summed E-state index contributed by atoms with van der Waals surface area (Å²) in [5.74, 6) is 0.111. The van der Waals surface area contributed by atoms with Crippen LogP contribution >= 0.6 is 0 Å². The molecule has 2 aliphatic rings. The number of non-ortho nitro benzene ring substituents is 2. The van der Waals surface area contributed by atoms with E-state index in [0.717, 1.165) is 29.7 Å². The van der Waals surface area contributed by atoms with Gasteiger partial charge in [0.25, 0.3) is 11.4 Å². The van der Waals surface area contributed by atoms with E-state index in [2.05, 4.69) is 5.32 Å². The van der Waals surface area contributed by atoms with Crippen molar-refractivity contribution in [1.29, 1.82) is 0 Å². The second-order valence-electron chi connectivity index (χ2n) is 6.60. The van der Waals surface area contributed by atoms with E-state index < -0.39 is 9.85 Å². The van der Waals surface area contributed by atoms with Gasteiger partial charge in [-0.25, -0.2) is 0 Å². The molecular weight excluding hydrogens is 338 g/mol. The molecule has 0 aromatic heterocycles. The molecule has 0 radical (unpaired) electrons. The van der Waals surface area contributed by atoms with Crippen molar-refractivity contribution in [3.8, 4) is 0 Å². The molecule has 8 nitrogen and oxygen atoms in total. The molecule has 2 heterocycles. The van der Waals surface area contributed by atoms with Gasteiger partial charge in [-0.3, -0.25) is 20.2 Å². The molecule has 0 unspecified atom stereocenters. The van der Waals surface area contributed by atoms with E-state index in [9.17, 15) is 20.2 Å². The summed E-state index contributed by atoms with van der Waals surface area (Å²) in [4.78, 5) is 21.2. The third-order valence-corrected chi connectivity index (χ3v) is 5.12. The topological polar surface area (TPSA) is 108 Å². The van der Waals surface area contributed by atoms with Crippen LogP contribution in [0.4, 0.5) is 17.1 Å². The fourth-order valence-electron chi connectivity index (χ4n) is 3.91. The lowest BCUT2D eigenvalue weighted by atomic mass is 9.77. The molecule has 2 aromatic carbocycles. The van der Waals surface area contributed by atoms with E-state index in [1.54, 1.807) is 24.3 Å². The Morgan fingerprint density at radius 2 is 1.69 bits per heavy atom. The van der Waals surface area contributed by atoms with Crippen molar-refractivity contribution in [2.24, 2.45) is 5.92 Å². The lowest BCUT2D eigenvalue weighted by Crippen LogP contribution is -2.36. The molecule has 4 rings (SSSR count). The normalized spacial score (nSPS) is 24.1. The number of hydrogen-bond donors (Lipinski definition) is 1. The molecule has 134 valence electrons. The van der Waals surface area contributed by atoms with E-state index in [-0.39, 0.29) is 29.4 Å². The van der Waals surface area contributed by atoms with Crippen LogP contribution in [0.1, 0.15) is 36.1 Å². The Morgan fingerprint density at radius 3 is 2.38 bits per heavy atom. The minimum Gasteiger partial charge on any atom is -0.378 e. The van der Waals surface area contributed by atoms with Crippen molar-refractivity contribution in [1.82, 2.24) is 0 Å². The van der Waals surface area contributed by atoms with Gasteiger partial charge in [0.15, 0.2) is 0 Å². The average Bonchev–Trinajstić information content (AvgIpc) is 2.67. The largest absolute Gasteiger partial charge is 0.378 e. The van der Waals surface area contributed by atoms with E-state index in [1.165, 1.54) is 18.2 Å². The molecule has 2 aromatic rings. The van der Waals surface area contributed by atoms with Gasteiger partial charge in [0.1, 0.15) is 0 Å². The van der Waals surface area contributed by atoms with Gasteiger partial charge in [0.05, 0.1) is 22.0 Å². The molecule has 26 heavy (non-hydrogen) atoms. The highest BCUT2D eigenvalue weighted by Gasteiger charge is 2.40. The van der Waals surface area contributed by atoms with Gasteiger partial charge >= 0.3 is 0 Å². The maximum Gasteiger partial charge on any atom is 0.269 e. The fraction of sp³-hybridized carbons (Fsp3) is 0.333. The Morgan fingerprint density at radius 1 is 1.00 bits per heavy atom. The number of fused-ring (bicyclic) bond motifs is 3. The maximum atomic E-state index is 11.1. The van der Waals surface area contributed by atoms with E-state index >= 15 is 0 Å². The average molecular weight is 355 g/mol. The first kappa shape index (κ1) is 16.5. The number of benzene rings is 2. The number of nitro groups is 2. The van der Waals surface area contributed by atoms with E-state index in [0.29, 0.717) is 6.61 Å². The zero-order valence-corrected chi connectivity index (χ0v) is 13.8. The van der Waals surface area contributed by atoms with Crippen LogP contribution in [0.5, 0.6) is 0 Å². The monoisotopic (exact) mass is 355 g/mol. The number of rotatable bonds is 3. The van der Waals surface area contributed by atoms with Crippen LogP contribution in [0.3, 0.4) is 0 Å². The molecular formula is C18H17N3O5. The summed E-state index contributed by atoms with van der Waals surface area (Å²) in [5, 5.41) is 25.4. The SMILES string of the molecule is O=[N+]([O-])c1ccc([C@@H]2Nc3ccc([N+](=O)[O-])cc3[C@@H]3OCCC[C@H]23)cc1. The third-order valence-electron chi connectivity index (χ3n) is 5.12. The summed E-state index contributed by atoms with van der Waals surface area (Å²) in [7, 11) is 0. The summed E-state index contributed by atoms with van der Waals surface area (Å²) in [6, 6.07) is 11.2. The van der Waals surface area contributed by atoms with Crippen LogP contribution in [-0.2, 0) is 4.74 Å². The number of anilines is 1. The summed E-state index contributed by atoms with van der Waals surface area (Å²) in [5.41, 5.74) is 2.66. The van der Waals surface area contributed by atoms with Crippen molar-refractivity contribution in [2.75, 3.05) is 11.9 Å². The van der Waals surface area contributed by atoms with Gasteiger partial charge in [-0.15, -0.1) is 0 Å². The van der Waals surface area contributed by atoms with Gasteiger partial charge in [0, 0.05) is 48.0 Å². The van der Waals surface area contributed by atoms with Crippen molar-refractivity contribution in [2.45, 2.75) is 25.0 Å². The van der Waals surface area contributed by atoms with E-state index in [4.69, 9.17) is 4.74 Å². The third kappa shape index (κ3) is 2.78. The Labute approximate surface area is 149 Å². The molecule has 1 saturated heterocycles. The van der Waals surface area contributed by atoms with Gasteiger partial charge in [0.2, 0.25) is 0 Å². The molecule has 1 fully saturated rings. The van der Waals surface area contributed by atoms with Gasteiger partial charge in [-0.2, -0.15) is 0 Å². The molecule has 0 aliphatic carbocycles. The molecule has 8 heteroatoms. The first-order chi connectivity index (χ1) is 12.5. The summed E-state index contributed by atoms with van der Waals surface area (Å²) in [6.07, 6.45) is 1.61. The molecule has 0 amide bonds. The number of nitrogens with one attached hydrogen (secondary N) is 1. The Balaban J connectivity index is 1.73. The smallest absolute Gasteiger partial charge is 0.269 e. The van der Waals surface area contributed by atoms with Crippen molar-refractivity contribution >= 4 is 17.1 Å². The highest BCUT2D eigenvalue weighted by atomic mass is 16.6. The molecule has 3 atom stereocenters. The van der Waals surface area contributed by atoms with Crippen molar-refractivity contribution < 1.29 is 14.6 Å². The molecule has 2 aliphatic heterocycles. The zero-order valence-electron chi connectivity index (χ0n) is 13.8. The van der Waals surface area contributed by atoms with E-state index in [1.807, 2.05) is 0 Å². The van der Waals surface area contributed by atoms with Crippen LogP contribution in [0.25, 0.3) is 0 Å². The molecule has 0 spiro atoms. The molecule has 0 bridgehead atoms. The Kier molecular flexibility index (Phi) is 4.04. The molecule has 0 saturated carbocycles. The van der Waals surface area contributed by atoms with Crippen LogP contribution in [0.15, 0.2) is 42.5 Å². The lowest BCUT2D eigenvalue weighted by molar-refractivity contribution is -0.385. The van der Waals surface area contributed by atoms with Crippen LogP contribution in [-0.4, -0.2) is 16.5 Å². The number of ether oxygens (including phenoxy) is 1. The predicted octanol–water partition coefficient (Wildman–Crippen LogP) is 4.14. The number of nitro benzene ring substituents is 2. The second kappa shape index (κ2) is 6.38. The van der Waals surface area contributed by atoms with Gasteiger partial charge in [-0.05, 0) is 24.5 Å². The summed E-state index contributed by atoms with van der Waals surface area (Å²) in [6.45, 7) is 0.621. The Hall–Kier alpha value is -3.00.